The number of hydrogen-bond donors (Lipinski definition) is 2. The van der Waals surface area contributed by atoms with E-state index in [0.29, 0.717) is 32.6 Å². The van der Waals surface area contributed by atoms with Crippen LogP contribution < -0.4 is 15.7 Å². The van der Waals surface area contributed by atoms with E-state index in [9.17, 15) is 4.79 Å². The summed E-state index contributed by atoms with van der Waals surface area (Å²) in [5.41, 5.74) is 2.08. The third-order valence-corrected chi connectivity index (χ3v) is 5.08. The van der Waals surface area contributed by atoms with Crippen molar-refractivity contribution in [1.82, 2.24) is 14.7 Å². The van der Waals surface area contributed by atoms with E-state index >= 15 is 0 Å². The lowest BCUT2D eigenvalue weighted by atomic mass is 10.1. The molecule has 2 heterocycles. The van der Waals surface area contributed by atoms with Gasteiger partial charge in [-0.25, -0.2) is 4.98 Å². The van der Waals surface area contributed by atoms with Crippen LogP contribution in [0.15, 0.2) is 59.5 Å². The Kier molecular flexibility index (Phi) is 5.39. The fraction of sp³-hybridized carbons (Fsp3) is 0.0476. The highest BCUT2D eigenvalue weighted by molar-refractivity contribution is 6.39. The first kappa shape index (κ1) is 19.9. The molecule has 0 radical (unpaired) electrons. The molecular formula is C21H15Cl2N5O2. The molecule has 4 aromatic rings. The molecular weight excluding hydrogens is 425 g/mol. The standard InChI is InChI=1S/C21H15Cl2N5O2/c1-30-28-19-13(9-15(20(28)29)18-16(22)3-2-4-17(18)23)11-25-21(27-19)26-14-7-5-12(10-24)6-8-14/h2-11,24H,1H3,(H,25,26,27). The molecule has 0 aliphatic carbocycles. The highest BCUT2D eigenvalue weighted by atomic mass is 35.5. The molecule has 0 aliphatic heterocycles. The molecule has 0 unspecified atom stereocenters. The Labute approximate surface area is 181 Å². The number of pyridine rings is 1. The van der Waals surface area contributed by atoms with Gasteiger partial charge in [-0.2, -0.15) is 4.98 Å². The van der Waals surface area contributed by atoms with Crippen molar-refractivity contribution in [1.29, 1.82) is 5.41 Å². The maximum atomic E-state index is 13.1. The zero-order valence-electron chi connectivity index (χ0n) is 15.7. The number of fused-ring (bicyclic) bond motifs is 1. The van der Waals surface area contributed by atoms with Crippen LogP contribution in [0.2, 0.25) is 10.0 Å². The summed E-state index contributed by atoms with van der Waals surface area (Å²) in [5, 5.41) is 11.6. The van der Waals surface area contributed by atoms with E-state index in [4.69, 9.17) is 33.4 Å². The monoisotopic (exact) mass is 439 g/mol. The Morgan fingerprint density at radius 2 is 1.83 bits per heavy atom. The van der Waals surface area contributed by atoms with Gasteiger partial charge in [0.2, 0.25) is 5.95 Å². The molecule has 0 fully saturated rings. The van der Waals surface area contributed by atoms with Crippen LogP contribution in [-0.2, 0) is 0 Å². The lowest BCUT2D eigenvalue weighted by Crippen LogP contribution is -2.27. The van der Waals surface area contributed by atoms with Crippen molar-refractivity contribution in [2.24, 2.45) is 0 Å². The molecule has 9 heteroatoms. The number of nitrogens with one attached hydrogen (secondary N) is 2. The maximum absolute atomic E-state index is 13.1. The number of halogens is 2. The van der Waals surface area contributed by atoms with Gasteiger partial charge in [-0.15, -0.1) is 4.73 Å². The summed E-state index contributed by atoms with van der Waals surface area (Å²) in [6, 6.07) is 13.9. The van der Waals surface area contributed by atoms with Gasteiger partial charge in [-0.05, 0) is 35.9 Å². The van der Waals surface area contributed by atoms with Gasteiger partial charge < -0.3 is 15.6 Å². The summed E-state index contributed by atoms with van der Waals surface area (Å²) in [6.07, 6.45) is 2.84. The molecule has 2 N–H and O–H groups in total. The van der Waals surface area contributed by atoms with Crippen molar-refractivity contribution >= 4 is 52.1 Å². The molecule has 0 aliphatic rings. The molecule has 0 saturated carbocycles. The third-order valence-electron chi connectivity index (χ3n) is 4.45. The van der Waals surface area contributed by atoms with Crippen LogP contribution in [0.1, 0.15) is 5.56 Å². The molecule has 0 atom stereocenters. The number of anilines is 2. The fourth-order valence-electron chi connectivity index (χ4n) is 3.03. The summed E-state index contributed by atoms with van der Waals surface area (Å²) in [6.45, 7) is 0. The molecule has 0 bridgehead atoms. The largest absolute Gasteiger partial charge is 0.412 e. The smallest absolute Gasteiger partial charge is 0.293 e. The molecule has 30 heavy (non-hydrogen) atoms. The van der Waals surface area contributed by atoms with Crippen molar-refractivity contribution in [3.8, 4) is 11.1 Å². The van der Waals surface area contributed by atoms with Gasteiger partial charge in [0, 0.05) is 29.0 Å². The predicted octanol–water partition coefficient (Wildman–Crippen LogP) is 4.56. The van der Waals surface area contributed by atoms with Crippen molar-refractivity contribution < 1.29 is 4.84 Å². The van der Waals surface area contributed by atoms with Gasteiger partial charge in [-0.3, -0.25) is 4.79 Å². The number of nitrogens with zero attached hydrogens (tertiary/aromatic N) is 3. The predicted molar refractivity (Wildman–Crippen MR) is 119 cm³/mol. The van der Waals surface area contributed by atoms with Gasteiger partial charge >= 0.3 is 0 Å². The number of hydrogen-bond acceptors (Lipinski definition) is 6. The molecule has 0 amide bonds. The topological polar surface area (TPSA) is 92.9 Å². The Balaban J connectivity index is 1.83. The average molecular weight is 440 g/mol. The highest BCUT2D eigenvalue weighted by Gasteiger charge is 2.18. The van der Waals surface area contributed by atoms with Crippen LogP contribution >= 0.6 is 23.2 Å². The molecule has 7 nitrogen and oxygen atoms in total. The first-order valence-corrected chi connectivity index (χ1v) is 9.56. The van der Waals surface area contributed by atoms with Crippen LogP contribution in [0.25, 0.3) is 22.2 Å². The molecule has 150 valence electrons. The molecule has 0 spiro atoms. The Bertz CT molecular complexity index is 1300. The SMILES string of the molecule is COn1c(=O)c(-c2c(Cl)cccc2Cl)cc2cnc(Nc3ccc(C=N)cc3)nc21. The van der Waals surface area contributed by atoms with Gasteiger partial charge in [0.1, 0.15) is 7.11 Å². The Hall–Kier alpha value is -3.42. The minimum Gasteiger partial charge on any atom is -0.412 e. The minimum absolute atomic E-state index is 0.284. The second-order valence-corrected chi connectivity index (χ2v) is 7.12. The van der Waals surface area contributed by atoms with Crippen LogP contribution in [0.3, 0.4) is 0 Å². The second kappa shape index (κ2) is 8.14. The number of benzene rings is 2. The summed E-state index contributed by atoms with van der Waals surface area (Å²) in [7, 11) is 1.38. The first-order valence-electron chi connectivity index (χ1n) is 8.81. The zero-order valence-corrected chi connectivity index (χ0v) is 17.2. The quantitative estimate of drug-likeness (QED) is 0.444. The zero-order chi connectivity index (χ0) is 21.3. The lowest BCUT2D eigenvalue weighted by molar-refractivity contribution is 0.168. The fourth-order valence-corrected chi connectivity index (χ4v) is 3.63. The van der Waals surface area contributed by atoms with Crippen LogP contribution in [0.4, 0.5) is 11.6 Å². The molecule has 4 rings (SSSR count). The van der Waals surface area contributed by atoms with Gasteiger partial charge in [0.15, 0.2) is 5.65 Å². The van der Waals surface area contributed by atoms with Gasteiger partial charge in [-0.1, -0.05) is 41.4 Å². The van der Waals surface area contributed by atoms with Crippen molar-refractivity contribution in [3.05, 3.63) is 80.7 Å². The van der Waals surface area contributed by atoms with Crippen molar-refractivity contribution in [2.75, 3.05) is 12.4 Å². The van der Waals surface area contributed by atoms with E-state index in [1.807, 2.05) is 0 Å². The van der Waals surface area contributed by atoms with Crippen molar-refractivity contribution in [3.63, 3.8) is 0 Å². The Morgan fingerprint density at radius 3 is 2.47 bits per heavy atom. The van der Waals surface area contributed by atoms with Gasteiger partial charge in [0.05, 0.1) is 15.6 Å². The maximum Gasteiger partial charge on any atom is 0.293 e. The molecule has 2 aromatic heterocycles. The summed E-state index contributed by atoms with van der Waals surface area (Å²) < 4.78 is 1.08. The number of rotatable bonds is 5. The van der Waals surface area contributed by atoms with Crippen molar-refractivity contribution in [2.45, 2.75) is 0 Å². The van der Waals surface area contributed by atoms with Crippen LogP contribution in [-0.4, -0.2) is 28.0 Å². The van der Waals surface area contributed by atoms with E-state index in [1.54, 1.807) is 54.7 Å². The van der Waals surface area contributed by atoms with E-state index in [2.05, 4.69) is 15.3 Å². The first-order chi connectivity index (χ1) is 14.5. The minimum atomic E-state index is -0.444. The molecule has 0 saturated heterocycles. The van der Waals surface area contributed by atoms with E-state index in [1.165, 1.54) is 13.3 Å². The van der Waals surface area contributed by atoms with Crippen LogP contribution in [0, 0.1) is 5.41 Å². The molecule has 2 aromatic carbocycles. The van der Waals surface area contributed by atoms with E-state index < -0.39 is 5.56 Å². The Morgan fingerprint density at radius 1 is 1.13 bits per heavy atom. The summed E-state index contributed by atoms with van der Waals surface area (Å²) >= 11 is 12.6. The van der Waals surface area contributed by atoms with E-state index in [-0.39, 0.29) is 5.56 Å². The number of aromatic nitrogens is 3. The highest BCUT2D eigenvalue weighted by Crippen LogP contribution is 2.33. The summed E-state index contributed by atoms with van der Waals surface area (Å²) in [4.78, 5) is 27.1. The third kappa shape index (κ3) is 3.60. The lowest BCUT2D eigenvalue weighted by Gasteiger charge is -2.13. The average Bonchev–Trinajstić information content (AvgIpc) is 2.75. The van der Waals surface area contributed by atoms with E-state index in [0.717, 1.165) is 16.0 Å². The normalized spacial score (nSPS) is 10.8. The van der Waals surface area contributed by atoms with Gasteiger partial charge in [0.25, 0.3) is 5.56 Å². The summed E-state index contributed by atoms with van der Waals surface area (Å²) in [5.74, 6) is 0.291. The second-order valence-electron chi connectivity index (χ2n) is 6.30. The van der Waals surface area contributed by atoms with Crippen LogP contribution in [0.5, 0.6) is 0 Å².